The van der Waals surface area contributed by atoms with Crippen molar-refractivity contribution in [2.24, 2.45) is 4.99 Å². The lowest BCUT2D eigenvalue weighted by atomic mass is 10.2. The highest BCUT2D eigenvalue weighted by Crippen LogP contribution is 2.37. The number of thiazole rings is 1. The van der Waals surface area contributed by atoms with Crippen molar-refractivity contribution in [2.45, 2.75) is 13.5 Å². The van der Waals surface area contributed by atoms with E-state index in [0.29, 0.717) is 38.9 Å². The molecule has 5 rings (SSSR count). The van der Waals surface area contributed by atoms with Gasteiger partial charge in [0.15, 0.2) is 16.3 Å². The second-order valence-electron chi connectivity index (χ2n) is 7.31. The maximum absolute atomic E-state index is 12.9. The van der Waals surface area contributed by atoms with Crippen LogP contribution in [-0.4, -0.2) is 29.8 Å². The predicted octanol–water partition coefficient (Wildman–Crippen LogP) is 4.53. The fourth-order valence-electron chi connectivity index (χ4n) is 3.48. The Kier molecular flexibility index (Phi) is 6.01. The Hall–Kier alpha value is -4.11. The number of carbonyl (C=O) groups is 2. The minimum absolute atomic E-state index is 0.0799. The van der Waals surface area contributed by atoms with Crippen molar-refractivity contribution in [1.82, 2.24) is 4.57 Å². The molecule has 0 saturated carbocycles. The zero-order valence-corrected chi connectivity index (χ0v) is 19.0. The molecule has 1 aliphatic heterocycles. The first-order chi connectivity index (χ1) is 16.6. The Balaban J connectivity index is 1.47. The van der Waals surface area contributed by atoms with Crippen molar-refractivity contribution in [3.8, 4) is 23.0 Å². The Labute approximate surface area is 198 Å². The fourth-order valence-corrected chi connectivity index (χ4v) is 4.51. The van der Waals surface area contributed by atoms with E-state index in [0.717, 1.165) is 4.70 Å². The molecule has 0 spiro atoms. The fraction of sp³-hybridized carbons (Fsp3) is 0.160. The smallest absolute Gasteiger partial charge is 0.326 e. The van der Waals surface area contributed by atoms with Crippen molar-refractivity contribution in [3.05, 3.63) is 77.1 Å². The summed E-state index contributed by atoms with van der Waals surface area (Å²) in [7, 11) is 0. The lowest BCUT2D eigenvalue weighted by Crippen LogP contribution is -2.23. The number of benzene rings is 3. The van der Waals surface area contributed by atoms with Gasteiger partial charge < -0.3 is 23.5 Å². The van der Waals surface area contributed by atoms with Gasteiger partial charge in [-0.15, -0.1) is 0 Å². The third-order valence-electron chi connectivity index (χ3n) is 5.05. The van der Waals surface area contributed by atoms with Crippen LogP contribution in [0.4, 0.5) is 0 Å². The van der Waals surface area contributed by atoms with E-state index >= 15 is 0 Å². The van der Waals surface area contributed by atoms with Crippen LogP contribution in [0.15, 0.2) is 71.7 Å². The standard InChI is InChI=1S/C25H20N2O6S/c1-2-30-23(28)14-27-19-12-20-21(32-15-31-20)13-22(19)34-25(27)26-24(29)16-8-10-18(11-9-16)33-17-6-4-3-5-7-17/h3-13H,2,14-15H2,1H3. The van der Waals surface area contributed by atoms with Gasteiger partial charge in [0.25, 0.3) is 5.91 Å². The number of rotatable bonds is 6. The maximum Gasteiger partial charge on any atom is 0.326 e. The summed E-state index contributed by atoms with van der Waals surface area (Å²) in [6.07, 6.45) is 0. The molecule has 0 aliphatic carbocycles. The highest BCUT2D eigenvalue weighted by molar-refractivity contribution is 7.16. The van der Waals surface area contributed by atoms with E-state index in [-0.39, 0.29) is 19.9 Å². The molecule has 1 aromatic heterocycles. The lowest BCUT2D eigenvalue weighted by Gasteiger charge is -2.06. The van der Waals surface area contributed by atoms with Crippen LogP contribution < -0.4 is 19.0 Å². The molecule has 9 heteroatoms. The summed E-state index contributed by atoms with van der Waals surface area (Å²) in [6.45, 7) is 2.07. The van der Waals surface area contributed by atoms with E-state index in [9.17, 15) is 9.59 Å². The predicted molar refractivity (Wildman–Crippen MR) is 125 cm³/mol. The Morgan fingerprint density at radius 1 is 1.00 bits per heavy atom. The first kappa shape index (κ1) is 21.7. The van der Waals surface area contributed by atoms with E-state index in [4.69, 9.17) is 18.9 Å². The molecular formula is C25H20N2O6S. The second kappa shape index (κ2) is 9.40. The number of fused-ring (bicyclic) bond motifs is 2. The second-order valence-corrected chi connectivity index (χ2v) is 8.31. The molecular weight excluding hydrogens is 456 g/mol. The van der Waals surface area contributed by atoms with Gasteiger partial charge in [-0.2, -0.15) is 4.99 Å². The average Bonchev–Trinajstić information content (AvgIpc) is 3.43. The number of para-hydroxylation sites is 1. The van der Waals surface area contributed by atoms with Crippen LogP contribution >= 0.6 is 11.3 Å². The summed E-state index contributed by atoms with van der Waals surface area (Å²) in [5, 5.41) is 0. The van der Waals surface area contributed by atoms with E-state index < -0.39 is 11.9 Å². The summed E-state index contributed by atoms with van der Waals surface area (Å²) in [4.78, 5) is 29.9. The van der Waals surface area contributed by atoms with Gasteiger partial charge in [0, 0.05) is 17.7 Å². The molecule has 0 bridgehead atoms. The zero-order valence-electron chi connectivity index (χ0n) is 18.2. The Morgan fingerprint density at radius 2 is 1.71 bits per heavy atom. The number of hydrogen-bond donors (Lipinski definition) is 0. The number of nitrogens with zero attached hydrogens (tertiary/aromatic N) is 2. The van der Waals surface area contributed by atoms with E-state index in [2.05, 4.69) is 4.99 Å². The molecule has 0 radical (unpaired) electrons. The molecule has 8 nitrogen and oxygen atoms in total. The minimum atomic E-state index is -0.435. The van der Waals surface area contributed by atoms with Crippen LogP contribution in [0.3, 0.4) is 0 Å². The molecule has 1 amide bonds. The molecule has 0 saturated heterocycles. The van der Waals surface area contributed by atoms with Gasteiger partial charge >= 0.3 is 5.97 Å². The normalized spacial score (nSPS) is 12.7. The lowest BCUT2D eigenvalue weighted by molar-refractivity contribution is -0.143. The van der Waals surface area contributed by atoms with Crippen molar-refractivity contribution >= 4 is 33.4 Å². The van der Waals surface area contributed by atoms with Crippen molar-refractivity contribution < 1.29 is 28.5 Å². The zero-order chi connectivity index (χ0) is 23.5. The number of carbonyl (C=O) groups excluding carboxylic acids is 2. The third-order valence-corrected chi connectivity index (χ3v) is 6.09. The quantitative estimate of drug-likeness (QED) is 0.380. The van der Waals surface area contributed by atoms with E-state index in [1.165, 1.54) is 11.3 Å². The first-order valence-electron chi connectivity index (χ1n) is 10.6. The van der Waals surface area contributed by atoms with Gasteiger partial charge in [-0.25, -0.2) is 0 Å². The monoisotopic (exact) mass is 476 g/mol. The minimum Gasteiger partial charge on any atom is -0.465 e. The van der Waals surface area contributed by atoms with Gasteiger partial charge in [0.2, 0.25) is 6.79 Å². The van der Waals surface area contributed by atoms with E-state index in [1.807, 2.05) is 36.4 Å². The molecule has 2 heterocycles. The molecule has 34 heavy (non-hydrogen) atoms. The van der Waals surface area contributed by atoms with Gasteiger partial charge in [-0.1, -0.05) is 29.5 Å². The van der Waals surface area contributed by atoms with Crippen LogP contribution in [0.25, 0.3) is 10.2 Å². The molecule has 1 aliphatic rings. The molecule has 0 atom stereocenters. The van der Waals surface area contributed by atoms with Crippen LogP contribution in [0.2, 0.25) is 0 Å². The molecule has 3 aromatic carbocycles. The van der Waals surface area contributed by atoms with Gasteiger partial charge in [-0.3, -0.25) is 9.59 Å². The largest absolute Gasteiger partial charge is 0.465 e. The summed E-state index contributed by atoms with van der Waals surface area (Å²) in [6, 6.07) is 19.7. The van der Waals surface area contributed by atoms with Crippen LogP contribution in [0.1, 0.15) is 17.3 Å². The molecule has 4 aromatic rings. The first-order valence-corrected chi connectivity index (χ1v) is 11.4. The number of ether oxygens (including phenoxy) is 4. The van der Waals surface area contributed by atoms with E-state index in [1.54, 1.807) is 41.8 Å². The topological polar surface area (TPSA) is 88.4 Å². The number of hydrogen-bond acceptors (Lipinski definition) is 7. The molecule has 0 unspecified atom stereocenters. The summed E-state index contributed by atoms with van der Waals surface area (Å²) in [5.74, 6) is 1.65. The highest BCUT2D eigenvalue weighted by atomic mass is 32.1. The Morgan fingerprint density at radius 3 is 2.44 bits per heavy atom. The average molecular weight is 477 g/mol. The van der Waals surface area contributed by atoms with Gasteiger partial charge in [0.1, 0.15) is 18.0 Å². The molecule has 0 N–H and O–H groups in total. The highest BCUT2D eigenvalue weighted by Gasteiger charge is 2.19. The van der Waals surface area contributed by atoms with Gasteiger partial charge in [-0.05, 0) is 43.3 Å². The molecule has 172 valence electrons. The van der Waals surface area contributed by atoms with Crippen LogP contribution in [0.5, 0.6) is 23.0 Å². The Bertz CT molecular complexity index is 1420. The van der Waals surface area contributed by atoms with Crippen molar-refractivity contribution in [1.29, 1.82) is 0 Å². The maximum atomic E-state index is 12.9. The SMILES string of the molecule is CCOC(=O)Cn1c(=NC(=O)c2ccc(Oc3ccccc3)cc2)sc2cc3c(cc21)OCO3. The number of aromatic nitrogens is 1. The molecule has 0 fully saturated rings. The summed E-state index contributed by atoms with van der Waals surface area (Å²) in [5.41, 5.74) is 1.11. The number of amides is 1. The third kappa shape index (κ3) is 4.51. The summed E-state index contributed by atoms with van der Waals surface area (Å²) < 4.78 is 24.3. The number of esters is 1. The van der Waals surface area contributed by atoms with Crippen LogP contribution in [-0.2, 0) is 16.1 Å². The van der Waals surface area contributed by atoms with Crippen molar-refractivity contribution in [3.63, 3.8) is 0 Å². The summed E-state index contributed by atoms with van der Waals surface area (Å²) >= 11 is 1.29. The van der Waals surface area contributed by atoms with Crippen LogP contribution in [0, 0.1) is 0 Å². The van der Waals surface area contributed by atoms with Gasteiger partial charge in [0.05, 0.1) is 16.8 Å². The van der Waals surface area contributed by atoms with Crippen molar-refractivity contribution in [2.75, 3.05) is 13.4 Å².